The summed E-state index contributed by atoms with van der Waals surface area (Å²) in [6, 6.07) is 5.64. The first-order chi connectivity index (χ1) is 16.6. The molecule has 2 aromatic carbocycles. The lowest BCUT2D eigenvalue weighted by Crippen LogP contribution is -2.09. The smallest absolute Gasteiger partial charge is 0.417 e. The number of halogens is 10. The monoisotopic (exact) mass is 540 g/mol. The Hall–Kier alpha value is -3.68. The number of anilines is 1. The highest BCUT2D eigenvalue weighted by Crippen LogP contribution is 2.41. The minimum absolute atomic E-state index is 0.249. The zero-order chi connectivity index (χ0) is 26.6. The van der Waals surface area contributed by atoms with Gasteiger partial charge in [-0.2, -0.15) is 44.5 Å². The topological polar surface area (TPSA) is 66.0 Å². The summed E-state index contributed by atoms with van der Waals surface area (Å²) in [6.45, 7) is 0. The minimum Gasteiger partial charge on any atom is -0.439 e. The van der Waals surface area contributed by atoms with Crippen LogP contribution in [0.25, 0.3) is 16.7 Å². The fourth-order valence-electron chi connectivity index (χ4n) is 3.24. The second-order valence-corrected chi connectivity index (χ2v) is 7.70. The summed E-state index contributed by atoms with van der Waals surface area (Å²) in [5.41, 5.74) is 1.55. The maximum absolute atomic E-state index is 13.8. The summed E-state index contributed by atoms with van der Waals surface area (Å²) in [5.74, 6) is -1.54. The van der Waals surface area contributed by atoms with Gasteiger partial charge in [-0.25, -0.2) is 4.68 Å². The van der Waals surface area contributed by atoms with Crippen molar-refractivity contribution >= 4 is 28.5 Å². The van der Waals surface area contributed by atoms with Crippen molar-refractivity contribution in [1.29, 1.82) is 0 Å². The van der Waals surface area contributed by atoms with Crippen LogP contribution >= 0.6 is 11.6 Å². The van der Waals surface area contributed by atoms with Crippen LogP contribution in [0, 0.1) is 0 Å². The third-order valence-electron chi connectivity index (χ3n) is 4.87. The number of pyridine rings is 1. The Morgan fingerprint density at radius 2 is 1.36 bits per heavy atom. The van der Waals surface area contributed by atoms with E-state index < -0.39 is 63.0 Å². The Morgan fingerprint density at radius 1 is 0.778 bits per heavy atom. The van der Waals surface area contributed by atoms with Crippen molar-refractivity contribution in [3.63, 3.8) is 0 Å². The van der Waals surface area contributed by atoms with Gasteiger partial charge in [-0.3, -0.25) is 0 Å². The summed E-state index contributed by atoms with van der Waals surface area (Å²) in [7, 11) is 0. The van der Waals surface area contributed by atoms with E-state index in [0.29, 0.717) is 35.0 Å². The molecule has 0 atom stereocenters. The molecule has 4 aromatic rings. The fraction of sp³-hybridized carbons (Fsp3) is 0.143. The molecule has 0 aliphatic heterocycles. The van der Waals surface area contributed by atoms with Gasteiger partial charge in [-0.05, 0) is 42.5 Å². The average molecular weight is 541 g/mol. The molecule has 36 heavy (non-hydrogen) atoms. The van der Waals surface area contributed by atoms with Crippen LogP contribution in [-0.4, -0.2) is 14.8 Å². The van der Waals surface area contributed by atoms with Gasteiger partial charge >= 0.3 is 18.5 Å². The number of benzene rings is 2. The molecule has 2 aromatic heterocycles. The second kappa shape index (κ2) is 8.47. The van der Waals surface area contributed by atoms with Crippen molar-refractivity contribution in [3.8, 4) is 17.3 Å². The molecule has 4 rings (SSSR count). The van der Waals surface area contributed by atoms with Crippen LogP contribution < -0.4 is 10.5 Å². The molecule has 0 bridgehead atoms. The highest BCUT2D eigenvalue weighted by molar-refractivity contribution is 6.32. The first kappa shape index (κ1) is 25.4. The van der Waals surface area contributed by atoms with E-state index in [0.717, 1.165) is 18.2 Å². The number of ether oxygens (including phenoxy) is 1. The summed E-state index contributed by atoms with van der Waals surface area (Å²) in [4.78, 5) is 3.83. The lowest BCUT2D eigenvalue weighted by atomic mass is 10.1. The predicted molar refractivity (Wildman–Crippen MR) is 110 cm³/mol. The normalized spacial score (nSPS) is 12.8. The summed E-state index contributed by atoms with van der Waals surface area (Å²) in [6.07, 6.45) is -14.4. The summed E-state index contributed by atoms with van der Waals surface area (Å²) in [5, 5.41) is 2.66. The number of nitrogens with zero attached hydrogens (tertiary/aromatic N) is 3. The quantitative estimate of drug-likeness (QED) is 0.273. The van der Waals surface area contributed by atoms with Crippen LogP contribution in [0.4, 0.5) is 45.3 Å². The number of hydrogen-bond acceptors (Lipinski definition) is 4. The van der Waals surface area contributed by atoms with Crippen molar-refractivity contribution in [1.82, 2.24) is 14.8 Å². The Balaban J connectivity index is 1.82. The molecule has 0 unspecified atom stereocenters. The molecule has 2 N–H and O–H groups in total. The maximum atomic E-state index is 13.8. The number of hydrogen-bond donors (Lipinski definition) is 1. The summed E-state index contributed by atoms with van der Waals surface area (Å²) < 4.78 is 124. The van der Waals surface area contributed by atoms with Crippen LogP contribution in [-0.2, 0) is 18.5 Å². The molecule has 0 saturated heterocycles. The Kier molecular flexibility index (Phi) is 5.98. The third-order valence-corrected chi connectivity index (χ3v) is 5.17. The molecule has 15 heteroatoms. The number of alkyl halides is 9. The molecule has 0 amide bonds. The van der Waals surface area contributed by atoms with E-state index in [4.69, 9.17) is 22.1 Å². The van der Waals surface area contributed by atoms with Crippen LogP contribution in [0.3, 0.4) is 0 Å². The zero-order valence-corrected chi connectivity index (χ0v) is 18.0. The Labute approximate surface area is 199 Å². The highest BCUT2D eigenvalue weighted by Gasteiger charge is 2.37. The van der Waals surface area contributed by atoms with Gasteiger partial charge in [0.1, 0.15) is 11.6 Å². The van der Waals surface area contributed by atoms with E-state index in [1.807, 2.05) is 0 Å². The van der Waals surface area contributed by atoms with E-state index in [-0.39, 0.29) is 11.4 Å². The standard InChI is InChI=1S/C21H10ClF9N4O/c22-13-7-10(20(26,27)28)3-6-14(13)35-17(32)16-12(21(29,30)31)8-15(33-18(16)34-35)36-11-4-1-9(2-5-11)19(23,24)25/h1-8H,32H2. The van der Waals surface area contributed by atoms with E-state index >= 15 is 0 Å². The van der Waals surface area contributed by atoms with Crippen LogP contribution in [0.5, 0.6) is 11.6 Å². The molecule has 2 heterocycles. The van der Waals surface area contributed by atoms with Crippen molar-refractivity contribution in [2.45, 2.75) is 18.5 Å². The van der Waals surface area contributed by atoms with Crippen molar-refractivity contribution in [2.24, 2.45) is 0 Å². The van der Waals surface area contributed by atoms with Gasteiger partial charge in [0, 0.05) is 6.07 Å². The number of aromatic nitrogens is 3. The van der Waals surface area contributed by atoms with E-state index in [1.165, 1.54) is 0 Å². The predicted octanol–water partition coefficient (Wildman–Crippen LogP) is 7.50. The molecule has 0 spiro atoms. The van der Waals surface area contributed by atoms with Gasteiger partial charge in [-0.1, -0.05) is 11.6 Å². The zero-order valence-electron chi connectivity index (χ0n) is 17.2. The lowest BCUT2D eigenvalue weighted by molar-refractivity contribution is -0.138. The van der Waals surface area contributed by atoms with Gasteiger partial charge < -0.3 is 10.5 Å². The van der Waals surface area contributed by atoms with Gasteiger partial charge in [0.25, 0.3) is 0 Å². The van der Waals surface area contributed by atoms with Gasteiger partial charge in [0.05, 0.1) is 32.8 Å². The minimum atomic E-state index is -5.01. The molecule has 190 valence electrons. The molecule has 0 fully saturated rings. The van der Waals surface area contributed by atoms with Crippen LogP contribution in [0.1, 0.15) is 16.7 Å². The van der Waals surface area contributed by atoms with E-state index in [2.05, 4.69) is 10.1 Å². The molecule has 0 aliphatic rings. The number of nitrogens with two attached hydrogens (primary N) is 1. The van der Waals surface area contributed by atoms with E-state index in [1.54, 1.807) is 0 Å². The Morgan fingerprint density at radius 3 is 1.89 bits per heavy atom. The fourth-order valence-corrected chi connectivity index (χ4v) is 3.50. The molecular formula is C21H10ClF9N4O. The molecule has 0 radical (unpaired) electrons. The summed E-state index contributed by atoms with van der Waals surface area (Å²) >= 11 is 5.92. The SMILES string of the molecule is Nc1c2c(C(F)(F)F)cc(Oc3ccc(C(F)(F)F)cc3)nc2nn1-c1ccc(C(F)(F)F)cc1Cl. The van der Waals surface area contributed by atoms with Crippen LogP contribution in [0.15, 0.2) is 48.5 Å². The van der Waals surface area contributed by atoms with Crippen molar-refractivity contribution in [3.05, 3.63) is 70.2 Å². The number of rotatable bonds is 3. The van der Waals surface area contributed by atoms with Crippen molar-refractivity contribution < 1.29 is 44.3 Å². The second-order valence-electron chi connectivity index (χ2n) is 7.29. The highest BCUT2D eigenvalue weighted by atomic mass is 35.5. The number of fused-ring (bicyclic) bond motifs is 1. The van der Waals surface area contributed by atoms with Gasteiger partial charge in [0.2, 0.25) is 5.88 Å². The largest absolute Gasteiger partial charge is 0.439 e. The molecule has 5 nitrogen and oxygen atoms in total. The molecule has 0 saturated carbocycles. The first-order valence-corrected chi connectivity index (χ1v) is 9.92. The average Bonchev–Trinajstić information content (AvgIpc) is 3.07. The van der Waals surface area contributed by atoms with Crippen LogP contribution in [0.2, 0.25) is 5.02 Å². The molecule has 0 aliphatic carbocycles. The van der Waals surface area contributed by atoms with E-state index in [9.17, 15) is 39.5 Å². The van der Waals surface area contributed by atoms with Crippen molar-refractivity contribution in [2.75, 3.05) is 5.73 Å². The lowest BCUT2D eigenvalue weighted by Gasteiger charge is -2.12. The number of nitrogen functional groups attached to an aromatic ring is 1. The maximum Gasteiger partial charge on any atom is 0.417 e. The first-order valence-electron chi connectivity index (χ1n) is 9.54. The van der Waals surface area contributed by atoms with Gasteiger partial charge in [0.15, 0.2) is 5.65 Å². The van der Waals surface area contributed by atoms with Gasteiger partial charge in [-0.15, -0.1) is 5.10 Å². The Bertz CT molecular complexity index is 1440. The third kappa shape index (κ3) is 4.85. The molecular weight excluding hydrogens is 531 g/mol.